The van der Waals surface area contributed by atoms with Crippen molar-refractivity contribution in [2.24, 2.45) is 5.41 Å². The average Bonchev–Trinajstić information content (AvgIpc) is 2.50. The van der Waals surface area contributed by atoms with E-state index < -0.39 is 25.2 Å². The maximum absolute atomic E-state index is 12.2. The minimum atomic E-state index is -3.50. The first kappa shape index (κ1) is 15.5. The lowest BCUT2D eigenvalue weighted by Crippen LogP contribution is -2.56. The summed E-state index contributed by atoms with van der Waals surface area (Å²) in [5.74, 6) is -0.636. The molecule has 2 N–H and O–H groups in total. The van der Waals surface area contributed by atoms with Crippen LogP contribution >= 0.6 is 19.4 Å². The molecular formula is C12H12ClN2O6P. The first-order valence-electron chi connectivity index (χ1n) is 6.33. The molecule has 0 radical (unpaired) electrons. The van der Waals surface area contributed by atoms with Crippen LogP contribution in [0.5, 0.6) is 0 Å². The number of halogens is 1. The zero-order valence-corrected chi connectivity index (χ0v) is 12.9. The number of hydrogen-bond acceptors (Lipinski definition) is 6. The molecule has 0 aliphatic carbocycles. The van der Waals surface area contributed by atoms with Gasteiger partial charge in [-0.15, -0.1) is 0 Å². The molecule has 3 amide bonds. The van der Waals surface area contributed by atoms with Gasteiger partial charge in [0.05, 0.1) is 30.5 Å². The summed E-state index contributed by atoms with van der Waals surface area (Å²) in [6.07, 6.45) is 0. The van der Waals surface area contributed by atoms with Gasteiger partial charge in [-0.3, -0.25) is 23.7 Å². The van der Waals surface area contributed by atoms with Crippen LogP contribution in [0.4, 0.5) is 10.5 Å². The van der Waals surface area contributed by atoms with Crippen LogP contribution < -0.4 is 10.6 Å². The molecule has 1 aromatic rings. The summed E-state index contributed by atoms with van der Waals surface area (Å²) < 4.78 is 26.3. The van der Waals surface area contributed by atoms with Gasteiger partial charge in [-0.1, -0.05) is 23.7 Å². The SMILES string of the molecule is O=C(NC(=O)C12COP(=O)(OC1)OC2)Nc1ccccc1Cl. The summed E-state index contributed by atoms with van der Waals surface area (Å²) in [6, 6.07) is 5.86. The van der Waals surface area contributed by atoms with Crippen molar-refractivity contribution in [3.8, 4) is 0 Å². The number of para-hydroxylation sites is 1. The third-order valence-corrected chi connectivity index (χ3v) is 4.99. The van der Waals surface area contributed by atoms with Crippen molar-refractivity contribution in [2.75, 3.05) is 25.1 Å². The van der Waals surface area contributed by atoms with Gasteiger partial charge in [0.1, 0.15) is 5.41 Å². The van der Waals surface area contributed by atoms with Gasteiger partial charge in [-0.25, -0.2) is 9.36 Å². The second kappa shape index (κ2) is 5.64. The van der Waals surface area contributed by atoms with Crippen molar-refractivity contribution in [1.82, 2.24) is 5.32 Å². The Kier molecular flexibility index (Phi) is 3.96. The second-order valence-electron chi connectivity index (χ2n) is 4.94. The van der Waals surface area contributed by atoms with E-state index in [4.69, 9.17) is 25.2 Å². The highest BCUT2D eigenvalue weighted by molar-refractivity contribution is 7.48. The van der Waals surface area contributed by atoms with E-state index in [1.165, 1.54) is 0 Å². The van der Waals surface area contributed by atoms with E-state index in [1.54, 1.807) is 24.3 Å². The number of amides is 3. The minimum absolute atomic E-state index is 0.129. The van der Waals surface area contributed by atoms with E-state index in [1.807, 2.05) is 0 Å². The molecule has 10 heteroatoms. The monoisotopic (exact) mass is 346 g/mol. The van der Waals surface area contributed by atoms with Crippen LogP contribution in [0.3, 0.4) is 0 Å². The number of urea groups is 1. The topological polar surface area (TPSA) is 103 Å². The zero-order chi connectivity index (χ0) is 15.8. The summed E-state index contributed by atoms with van der Waals surface area (Å²) in [7, 11) is -3.50. The first-order chi connectivity index (χ1) is 10.4. The van der Waals surface area contributed by atoms with Crippen molar-refractivity contribution in [1.29, 1.82) is 0 Å². The molecule has 2 bridgehead atoms. The van der Waals surface area contributed by atoms with E-state index in [-0.39, 0.29) is 19.8 Å². The normalized spacial score (nSPS) is 29.9. The van der Waals surface area contributed by atoms with Crippen LogP contribution in [0.15, 0.2) is 24.3 Å². The fraction of sp³-hybridized carbons (Fsp3) is 0.333. The summed E-state index contributed by atoms with van der Waals surface area (Å²) in [5.41, 5.74) is -0.822. The first-order valence-corrected chi connectivity index (χ1v) is 8.17. The molecule has 0 atom stereocenters. The van der Waals surface area contributed by atoms with E-state index in [2.05, 4.69) is 10.6 Å². The Bertz CT molecular complexity index is 650. The summed E-state index contributed by atoms with van der Waals surface area (Å²) >= 11 is 5.91. The van der Waals surface area contributed by atoms with Gasteiger partial charge in [-0.2, -0.15) is 0 Å². The molecule has 3 aliphatic heterocycles. The molecule has 0 unspecified atom stereocenters. The Morgan fingerprint density at radius 2 is 1.73 bits per heavy atom. The fourth-order valence-electron chi connectivity index (χ4n) is 1.99. The van der Waals surface area contributed by atoms with E-state index in [0.29, 0.717) is 10.7 Å². The number of carbonyl (C=O) groups excluding carboxylic acids is 2. The van der Waals surface area contributed by atoms with Gasteiger partial charge in [0.15, 0.2) is 0 Å². The lowest BCUT2D eigenvalue weighted by atomic mass is 9.90. The maximum Gasteiger partial charge on any atom is 0.474 e. The van der Waals surface area contributed by atoms with E-state index in [9.17, 15) is 14.2 Å². The molecule has 0 aromatic heterocycles. The zero-order valence-electron chi connectivity index (χ0n) is 11.2. The van der Waals surface area contributed by atoms with Crippen molar-refractivity contribution >= 4 is 37.0 Å². The van der Waals surface area contributed by atoms with Gasteiger partial charge in [0, 0.05) is 0 Å². The number of carbonyl (C=O) groups is 2. The average molecular weight is 347 g/mol. The molecule has 3 saturated heterocycles. The fourth-order valence-corrected chi connectivity index (χ4v) is 3.62. The quantitative estimate of drug-likeness (QED) is 0.795. The summed E-state index contributed by atoms with van der Waals surface area (Å²) in [6.45, 7) is -0.388. The number of fused-ring (bicyclic) bond motifs is 3. The number of imide groups is 1. The third-order valence-electron chi connectivity index (χ3n) is 3.33. The lowest BCUT2D eigenvalue weighted by Gasteiger charge is -2.42. The smallest absolute Gasteiger partial charge is 0.306 e. The number of rotatable bonds is 2. The Morgan fingerprint density at radius 3 is 2.32 bits per heavy atom. The summed E-state index contributed by atoms with van der Waals surface area (Å²) in [5, 5.41) is 4.98. The van der Waals surface area contributed by atoms with Crippen molar-refractivity contribution in [2.45, 2.75) is 0 Å². The van der Waals surface area contributed by atoms with Crippen LogP contribution in [0, 0.1) is 5.41 Å². The molecule has 8 nitrogen and oxygen atoms in total. The number of benzene rings is 1. The molecule has 118 valence electrons. The molecule has 1 aromatic carbocycles. The van der Waals surface area contributed by atoms with Crippen molar-refractivity contribution in [3.05, 3.63) is 29.3 Å². The van der Waals surface area contributed by atoms with Gasteiger partial charge in [-0.05, 0) is 12.1 Å². The maximum atomic E-state index is 12.2. The number of nitrogens with one attached hydrogen (secondary N) is 2. The minimum Gasteiger partial charge on any atom is -0.306 e. The molecule has 22 heavy (non-hydrogen) atoms. The Hall–Kier alpha value is -1.44. The Labute approximate surface area is 130 Å². The predicted molar refractivity (Wildman–Crippen MR) is 76.5 cm³/mol. The molecule has 3 fully saturated rings. The number of phosphoric ester groups is 1. The van der Waals surface area contributed by atoms with Crippen LogP contribution in [0.25, 0.3) is 0 Å². The number of hydrogen-bond donors (Lipinski definition) is 2. The van der Waals surface area contributed by atoms with Crippen LogP contribution in [0.2, 0.25) is 5.02 Å². The van der Waals surface area contributed by atoms with Gasteiger partial charge >= 0.3 is 13.9 Å². The van der Waals surface area contributed by atoms with Gasteiger partial charge in [0.25, 0.3) is 0 Å². The van der Waals surface area contributed by atoms with Crippen molar-refractivity contribution in [3.63, 3.8) is 0 Å². The summed E-state index contributed by atoms with van der Waals surface area (Å²) in [4.78, 5) is 24.1. The molecule has 3 aliphatic rings. The second-order valence-corrected chi connectivity index (χ2v) is 7.01. The van der Waals surface area contributed by atoms with Gasteiger partial charge in [0.2, 0.25) is 5.91 Å². The van der Waals surface area contributed by atoms with Crippen LogP contribution in [-0.4, -0.2) is 31.8 Å². The highest BCUT2D eigenvalue weighted by Crippen LogP contribution is 2.59. The lowest BCUT2D eigenvalue weighted by molar-refractivity contribution is -0.151. The van der Waals surface area contributed by atoms with E-state index in [0.717, 1.165) is 0 Å². The Morgan fingerprint density at radius 1 is 1.14 bits per heavy atom. The predicted octanol–water partition coefficient (Wildman–Crippen LogP) is 2.16. The molecule has 3 heterocycles. The van der Waals surface area contributed by atoms with Crippen molar-refractivity contribution < 1.29 is 27.7 Å². The molecule has 4 rings (SSSR count). The van der Waals surface area contributed by atoms with E-state index >= 15 is 0 Å². The molecule has 0 saturated carbocycles. The highest BCUT2D eigenvalue weighted by atomic mass is 35.5. The Balaban J connectivity index is 1.64. The highest BCUT2D eigenvalue weighted by Gasteiger charge is 2.55. The number of anilines is 1. The molecule has 0 spiro atoms. The van der Waals surface area contributed by atoms with Crippen LogP contribution in [-0.2, 0) is 22.9 Å². The van der Waals surface area contributed by atoms with Gasteiger partial charge < -0.3 is 5.32 Å². The molecular weight excluding hydrogens is 335 g/mol. The largest absolute Gasteiger partial charge is 0.474 e. The van der Waals surface area contributed by atoms with Crippen LogP contribution in [0.1, 0.15) is 0 Å². The number of phosphoric acid groups is 1. The standard InChI is InChI=1S/C12H12ClN2O6P/c13-8-3-1-2-4-9(8)14-11(17)15-10(16)12-5-19-22(18,20-6-12)21-7-12/h1-4H,5-7H2,(H2,14,15,16,17). The third kappa shape index (κ3) is 2.88.